The Morgan fingerprint density at radius 3 is 3.00 bits per heavy atom. The van der Waals surface area contributed by atoms with Gasteiger partial charge in [-0.25, -0.2) is 4.52 Å². The number of hydrogen-bond donors (Lipinski definition) is 0. The summed E-state index contributed by atoms with van der Waals surface area (Å²) in [5.74, 6) is 0.182. The van der Waals surface area contributed by atoms with Crippen molar-refractivity contribution >= 4 is 21.4 Å². The first-order chi connectivity index (χ1) is 6.22. The highest BCUT2D eigenvalue weighted by Crippen LogP contribution is 2.23. The van der Waals surface area contributed by atoms with Gasteiger partial charge in [-0.05, 0) is 28.1 Å². The lowest BCUT2D eigenvalue weighted by molar-refractivity contribution is 0.414. The van der Waals surface area contributed by atoms with Gasteiger partial charge in [0.05, 0.1) is 7.11 Å². The van der Waals surface area contributed by atoms with Gasteiger partial charge in [0.2, 0.25) is 5.95 Å². The molecule has 68 valence electrons. The van der Waals surface area contributed by atoms with Crippen LogP contribution >= 0.6 is 15.9 Å². The number of aromatic nitrogens is 2. The summed E-state index contributed by atoms with van der Waals surface area (Å²) < 4.78 is 20.0. The van der Waals surface area contributed by atoms with E-state index in [1.54, 1.807) is 12.1 Å². The predicted molar refractivity (Wildman–Crippen MR) is 49.4 cm³/mol. The molecule has 13 heavy (non-hydrogen) atoms. The molecule has 0 saturated carbocycles. The van der Waals surface area contributed by atoms with Crippen molar-refractivity contribution in [3.05, 3.63) is 28.7 Å². The first-order valence-corrected chi connectivity index (χ1v) is 4.39. The summed E-state index contributed by atoms with van der Waals surface area (Å²) in [6.07, 6.45) is 0. The maximum absolute atomic E-state index is 13.1. The van der Waals surface area contributed by atoms with Gasteiger partial charge >= 0.3 is 0 Å². The molecule has 0 bridgehead atoms. The molecular weight excluding hydrogens is 239 g/mol. The number of hydrogen-bond acceptors (Lipinski definition) is 2. The third-order valence-electron chi connectivity index (χ3n) is 1.73. The van der Waals surface area contributed by atoms with Crippen LogP contribution in [0.15, 0.2) is 22.8 Å². The van der Waals surface area contributed by atoms with E-state index in [4.69, 9.17) is 4.74 Å². The standard InChI is InChI=1S/C8H6BrFN2O/c1-13-6-2-3-8(10)12-5(6)4-7(9)11-12/h2-4H,1H3. The van der Waals surface area contributed by atoms with Gasteiger partial charge < -0.3 is 4.74 Å². The van der Waals surface area contributed by atoms with Gasteiger partial charge in [-0.15, -0.1) is 0 Å². The Hall–Kier alpha value is -1.10. The van der Waals surface area contributed by atoms with Crippen molar-refractivity contribution in [2.45, 2.75) is 0 Å². The molecule has 0 aliphatic heterocycles. The molecule has 0 N–H and O–H groups in total. The van der Waals surface area contributed by atoms with E-state index in [9.17, 15) is 4.39 Å². The number of fused-ring (bicyclic) bond motifs is 1. The topological polar surface area (TPSA) is 26.5 Å². The number of rotatable bonds is 1. The van der Waals surface area contributed by atoms with Gasteiger partial charge in [0.25, 0.3) is 0 Å². The molecule has 0 amide bonds. The molecule has 3 nitrogen and oxygen atoms in total. The van der Waals surface area contributed by atoms with Crippen molar-refractivity contribution in [1.82, 2.24) is 9.61 Å². The summed E-state index contributed by atoms with van der Waals surface area (Å²) in [6.45, 7) is 0. The molecule has 2 rings (SSSR count). The third-order valence-corrected chi connectivity index (χ3v) is 2.11. The molecule has 0 fully saturated rings. The fraction of sp³-hybridized carbons (Fsp3) is 0.125. The Kier molecular flexibility index (Phi) is 1.95. The van der Waals surface area contributed by atoms with Crippen LogP contribution in [0.25, 0.3) is 5.52 Å². The van der Waals surface area contributed by atoms with Crippen LogP contribution in [0.3, 0.4) is 0 Å². The molecule has 0 saturated heterocycles. The molecule has 0 radical (unpaired) electrons. The minimum atomic E-state index is -0.415. The summed E-state index contributed by atoms with van der Waals surface area (Å²) in [6, 6.07) is 4.58. The van der Waals surface area contributed by atoms with Crippen molar-refractivity contribution in [1.29, 1.82) is 0 Å². The molecule has 0 atom stereocenters. The van der Waals surface area contributed by atoms with Crippen molar-refractivity contribution in [3.8, 4) is 5.75 Å². The average Bonchev–Trinajstić information content (AvgIpc) is 2.48. The number of methoxy groups -OCH3 is 1. The maximum Gasteiger partial charge on any atom is 0.214 e. The van der Waals surface area contributed by atoms with E-state index in [2.05, 4.69) is 21.0 Å². The first-order valence-electron chi connectivity index (χ1n) is 3.60. The zero-order valence-electron chi connectivity index (χ0n) is 6.79. The van der Waals surface area contributed by atoms with E-state index in [-0.39, 0.29) is 0 Å². The van der Waals surface area contributed by atoms with Gasteiger partial charge in [0.15, 0.2) is 0 Å². The van der Waals surface area contributed by atoms with E-state index in [0.717, 1.165) is 0 Å². The van der Waals surface area contributed by atoms with Crippen LogP contribution in [-0.4, -0.2) is 16.7 Å². The second-order valence-corrected chi connectivity index (χ2v) is 3.30. The van der Waals surface area contributed by atoms with E-state index in [1.807, 2.05) is 0 Å². The fourth-order valence-corrected chi connectivity index (χ4v) is 1.54. The molecule has 0 aliphatic rings. The lowest BCUT2D eigenvalue weighted by atomic mass is 10.4. The highest BCUT2D eigenvalue weighted by molar-refractivity contribution is 9.10. The number of halogens is 2. The smallest absolute Gasteiger partial charge is 0.214 e. The molecule has 2 heterocycles. The van der Waals surface area contributed by atoms with E-state index in [0.29, 0.717) is 15.9 Å². The number of nitrogens with zero attached hydrogens (tertiary/aromatic N) is 2. The van der Waals surface area contributed by atoms with E-state index in [1.165, 1.54) is 17.7 Å². The average molecular weight is 245 g/mol. The van der Waals surface area contributed by atoms with E-state index >= 15 is 0 Å². The van der Waals surface area contributed by atoms with Crippen molar-refractivity contribution in [3.63, 3.8) is 0 Å². The van der Waals surface area contributed by atoms with Crippen LogP contribution in [0.4, 0.5) is 4.39 Å². The molecule has 0 aromatic carbocycles. The molecule has 0 unspecified atom stereocenters. The lowest BCUT2D eigenvalue weighted by Crippen LogP contribution is -1.96. The molecule has 2 aromatic rings. The predicted octanol–water partition coefficient (Wildman–Crippen LogP) is 2.24. The number of ether oxygens (including phenoxy) is 1. The Morgan fingerprint density at radius 1 is 1.54 bits per heavy atom. The quantitative estimate of drug-likeness (QED) is 0.720. The second-order valence-electron chi connectivity index (χ2n) is 2.49. The Labute approximate surface area is 82.2 Å². The van der Waals surface area contributed by atoms with Gasteiger partial charge in [-0.2, -0.15) is 9.49 Å². The second kappa shape index (κ2) is 2.99. The lowest BCUT2D eigenvalue weighted by Gasteiger charge is -2.01. The summed E-state index contributed by atoms with van der Waals surface area (Å²) in [7, 11) is 1.54. The maximum atomic E-state index is 13.1. The summed E-state index contributed by atoms with van der Waals surface area (Å²) in [5.41, 5.74) is 0.606. The highest BCUT2D eigenvalue weighted by atomic mass is 79.9. The number of pyridine rings is 1. The summed E-state index contributed by atoms with van der Waals surface area (Å²) in [5, 5.41) is 3.90. The van der Waals surface area contributed by atoms with Crippen LogP contribution in [0.2, 0.25) is 0 Å². The minimum absolute atomic E-state index is 0.415. The van der Waals surface area contributed by atoms with Crippen LogP contribution in [0, 0.1) is 5.95 Å². The van der Waals surface area contributed by atoms with Gasteiger partial charge in [-0.1, -0.05) is 0 Å². The highest BCUT2D eigenvalue weighted by Gasteiger charge is 2.08. The Balaban J connectivity index is 2.83. The largest absolute Gasteiger partial charge is 0.494 e. The third kappa shape index (κ3) is 1.29. The molecule has 0 aliphatic carbocycles. The van der Waals surface area contributed by atoms with Crippen molar-refractivity contribution in [2.24, 2.45) is 0 Å². The molecule has 0 spiro atoms. The van der Waals surface area contributed by atoms with Gasteiger partial charge in [0.1, 0.15) is 15.9 Å². The molecular formula is C8H6BrFN2O. The monoisotopic (exact) mass is 244 g/mol. The SMILES string of the molecule is COc1ccc(F)n2nc(Br)cc12. The summed E-state index contributed by atoms with van der Waals surface area (Å²) >= 11 is 3.17. The van der Waals surface area contributed by atoms with Crippen LogP contribution < -0.4 is 4.74 Å². The normalized spacial score (nSPS) is 10.7. The molecule has 5 heteroatoms. The van der Waals surface area contributed by atoms with Gasteiger partial charge in [0, 0.05) is 6.07 Å². The fourth-order valence-electron chi connectivity index (χ4n) is 1.16. The van der Waals surface area contributed by atoms with Crippen LogP contribution in [0.5, 0.6) is 5.75 Å². The Morgan fingerprint density at radius 2 is 2.31 bits per heavy atom. The zero-order chi connectivity index (χ0) is 9.42. The van der Waals surface area contributed by atoms with E-state index < -0.39 is 5.95 Å². The summed E-state index contributed by atoms with van der Waals surface area (Å²) in [4.78, 5) is 0. The minimum Gasteiger partial charge on any atom is -0.494 e. The van der Waals surface area contributed by atoms with Crippen molar-refractivity contribution in [2.75, 3.05) is 7.11 Å². The molecule has 2 aromatic heterocycles. The van der Waals surface area contributed by atoms with Crippen molar-refractivity contribution < 1.29 is 9.13 Å². The Bertz CT molecular complexity index is 455. The first kappa shape index (κ1) is 8.50. The van der Waals surface area contributed by atoms with Gasteiger partial charge in [-0.3, -0.25) is 0 Å². The van der Waals surface area contributed by atoms with Crippen LogP contribution in [0.1, 0.15) is 0 Å². The zero-order valence-corrected chi connectivity index (χ0v) is 8.38. The van der Waals surface area contributed by atoms with Crippen LogP contribution in [-0.2, 0) is 0 Å².